The van der Waals surface area contributed by atoms with Gasteiger partial charge in [0.25, 0.3) is 0 Å². The second-order valence-electron chi connectivity index (χ2n) is 5.34. The van der Waals surface area contributed by atoms with Gasteiger partial charge < -0.3 is 16.2 Å². The summed E-state index contributed by atoms with van der Waals surface area (Å²) >= 11 is 0. The molecule has 108 valence electrons. The zero-order valence-electron chi connectivity index (χ0n) is 12.5. The Labute approximate surface area is 117 Å². The molecule has 0 unspecified atom stereocenters. The summed E-state index contributed by atoms with van der Waals surface area (Å²) in [6, 6.07) is 6.51. The number of hydrogen-bond acceptors (Lipinski definition) is 3. The second kappa shape index (κ2) is 8.18. The molecule has 0 amide bonds. The molecule has 3 nitrogen and oxygen atoms in total. The average molecular weight is 264 g/mol. The van der Waals surface area contributed by atoms with Crippen molar-refractivity contribution in [1.29, 1.82) is 0 Å². The largest absolute Gasteiger partial charge is 0.494 e. The first-order chi connectivity index (χ1) is 9.12. The third-order valence-corrected chi connectivity index (χ3v) is 3.50. The van der Waals surface area contributed by atoms with Crippen molar-refractivity contribution in [1.82, 2.24) is 0 Å². The van der Waals surface area contributed by atoms with Crippen molar-refractivity contribution in [3.05, 3.63) is 29.3 Å². The maximum Gasteiger partial charge on any atom is 0.122 e. The van der Waals surface area contributed by atoms with Crippen molar-refractivity contribution in [2.75, 3.05) is 19.7 Å². The molecule has 1 rings (SSSR count). The lowest BCUT2D eigenvalue weighted by Gasteiger charge is -2.16. The van der Waals surface area contributed by atoms with Crippen LogP contribution in [0.2, 0.25) is 0 Å². The van der Waals surface area contributed by atoms with Gasteiger partial charge >= 0.3 is 0 Å². The van der Waals surface area contributed by atoms with Crippen LogP contribution in [-0.2, 0) is 6.42 Å². The Kier molecular flexibility index (Phi) is 6.89. The van der Waals surface area contributed by atoms with E-state index in [1.54, 1.807) is 0 Å². The first kappa shape index (κ1) is 16.0. The third kappa shape index (κ3) is 4.84. The average Bonchev–Trinajstić information content (AvgIpc) is 2.41. The normalized spacial score (nSPS) is 11.3. The van der Waals surface area contributed by atoms with E-state index in [1.807, 2.05) is 6.92 Å². The quantitative estimate of drug-likeness (QED) is 0.759. The van der Waals surface area contributed by atoms with Crippen LogP contribution in [0.3, 0.4) is 0 Å². The fourth-order valence-corrected chi connectivity index (χ4v) is 2.19. The van der Waals surface area contributed by atoms with Gasteiger partial charge in [0.15, 0.2) is 0 Å². The second-order valence-corrected chi connectivity index (χ2v) is 5.34. The molecular formula is C16H28N2O. The number of ether oxygens (including phenoxy) is 1. The fraction of sp³-hybridized carbons (Fsp3) is 0.625. The number of rotatable bonds is 8. The van der Waals surface area contributed by atoms with Crippen LogP contribution in [0.1, 0.15) is 44.2 Å². The van der Waals surface area contributed by atoms with Crippen molar-refractivity contribution >= 4 is 0 Å². The highest BCUT2D eigenvalue weighted by atomic mass is 16.5. The standard InChI is InChI=1S/C16H28N2O/c1-4-19-16-8-7-13(9-15(16)12(2)3)5-6-14(10-17)11-18/h7-9,12,14H,4-6,10-11,17-18H2,1-3H3. The van der Waals surface area contributed by atoms with E-state index in [0.29, 0.717) is 31.5 Å². The molecule has 0 spiro atoms. The lowest BCUT2D eigenvalue weighted by molar-refractivity contribution is 0.335. The minimum atomic E-state index is 0.425. The molecular weight excluding hydrogens is 236 g/mol. The van der Waals surface area contributed by atoms with Gasteiger partial charge in [0.1, 0.15) is 5.75 Å². The van der Waals surface area contributed by atoms with E-state index >= 15 is 0 Å². The zero-order chi connectivity index (χ0) is 14.3. The molecule has 0 aliphatic rings. The van der Waals surface area contributed by atoms with Crippen LogP contribution >= 0.6 is 0 Å². The van der Waals surface area contributed by atoms with Crippen LogP contribution < -0.4 is 16.2 Å². The first-order valence-electron chi connectivity index (χ1n) is 7.28. The molecule has 1 aromatic rings. The third-order valence-electron chi connectivity index (χ3n) is 3.50. The van der Waals surface area contributed by atoms with Crippen LogP contribution in [-0.4, -0.2) is 19.7 Å². The highest BCUT2D eigenvalue weighted by Gasteiger charge is 2.10. The minimum Gasteiger partial charge on any atom is -0.494 e. The van der Waals surface area contributed by atoms with E-state index in [1.165, 1.54) is 11.1 Å². The molecule has 0 atom stereocenters. The van der Waals surface area contributed by atoms with Crippen molar-refractivity contribution < 1.29 is 4.74 Å². The van der Waals surface area contributed by atoms with Gasteiger partial charge in [-0.25, -0.2) is 0 Å². The summed E-state index contributed by atoms with van der Waals surface area (Å²) in [5.41, 5.74) is 14.0. The van der Waals surface area contributed by atoms with E-state index < -0.39 is 0 Å². The smallest absolute Gasteiger partial charge is 0.122 e. The number of hydrogen-bond donors (Lipinski definition) is 2. The Morgan fingerprint density at radius 1 is 1.16 bits per heavy atom. The molecule has 0 radical (unpaired) electrons. The van der Waals surface area contributed by atoms with Crippen molar-refractivity contribution in [2.45, 2.75) is 39.5 Å². The molecule has 0 fully saturated rings. The van der Waals surface area contributed by atoms with E-state index in [9.17, 15) is 0 Å². The molecule has 0 heterocycles. The predicted molar refractivity (Wildman–Crippen MR) is 81.6 cm³/mol. The van der Waals surface area contributed by atoms with Crippen molar-refractivity contribution in [3.63, 3.8) is 0 Å². The van der Waals surface area contributed by atoms with Gasteiger partial charge in [-0.05, 0) is 61.9 Å². The SMILES string of the molecule is CCOc1ccc(CCC(CN)CN)cc1C(C)C. The molecule has 0 saturated carbocycles. The van der Waals surface area contributed by atoms with Crippen LogP contribution in [0.15, 0.2) is 18.2 Å². The van der Waals surface area contributed by atoms with Gasteiger partial charge in [-0.15, -0.1) is 0 Å². The first-order valence-corrected chi connectivity index (χ1v) is 7.28. The van der Waals surface area contributed by atoms with E-state index in [0.717, 1.165) is 18.6 Å². The minimum absolute atomic E-state index is 0.425. The van der Waals surface area contributed by atoms with Crippen molar-refractivity contribution in [3.8, 4) is 5.75 Å². The monoisotopic (exact) mass is 264 g/mol. The molecule has 19 heavy (non-hydrogen) atoms. The van der Waals surface area contributed by atoms with E-state index in [4.69, 9.17) is 16.2 Å². The molecule has 0 saturated heterocycles. The van der Waals surface area contributed by atoms with Gasteiger partial charge in [0, 0.05) is 0 Å². The van der Waals surface area contributed by atoms with Gasteiger partial charge in [-0.1, -0.05) is 26.0 Å². The highest BCUT2D eigenvalue weighted by Crippen LogP contribution is 2.28. The van der Waals surface area contributed by atoms with Crippen LogP contribution in [0, 0.1) is 5.92 Å². The summed E-state index contributed by atoms with van der Waals surface area (Å²) in [6.45, 7) is 8.47. The van der Waals surface area contributed by atoms with E-state index in [2.05, 4.69) is 32.0 Å². The molecule has 3 heteroatoms. The summed E-state index contributed by atoms with van der Waals surface area (Å²) in [6.07, 6.45) is 2.09. The Morgan fingerprint density at radius 2 is 1.84 bits per heavy atom. The molecule has 4 N–H and O–H groups in total. The summed E-state index contributed by atoms with van der Waals surface area (Å²) < 4.78 is 5.68. The van der Waals surface area contributed by atoms with Crippen LogP contribution in [0.4, 0.5) is 0 Å². The van der Waals surface area contributed by atoms with Crippen LogP contribution in [0.25, 0.3) is 0 Å². The van der Waals surface area contributed by atoms with Gasteiger partial charge in [-0.3, -0.25) is 0 Å². The van der Waals surface area contributed by atoms with Gasteiger partial charge in [-0.2, -0.15) is 0 Å². The number of benzene rings is 1. The summed E-state index contributed by atoms with van der Waals surface area (Å²) in [5, 5.41) is 0. The number of aryl methyl sites for hydroxylation is 1. The molecule has 0 aromatic heterocycles. The number of nitrogens with two attached hydrogens (primary N) is 2. The van der Waals surface area contributed by atoms with Gasteiger partial charge in [0.05, 0.1) is 6.61 Å². The molecule has 0 bridgehead atoms. The summed E-state index contributed by atoms with van der Waals surface area (Å²) in [4.78, 5) is 0. The molecule has 0 aliphatic carbocycles. The topological polar surface area (TPSA) is 61.3 Å². The highest BCUT2D eigenvalue weighted by molar-refractivity contribution is 5.39. The van der Waals surface area contributed by atoms with Gasteiger partial charge in [0.2, 0.25) is 0 Å². The maximum absolute atomic E-state index is 5.69. The maximum atomic E-state index is 5.69. The molecule has 0 aliphatic heterocycles. The Balaban J connectivity index is 2.77. The Bertz CT molecular complexity index is 373. The molecule has 1 aromatic carbocycles. The zero-order valence-corrected chi connectivity index (χ0v) is 12.5. The lowest BCUT2D eigenvalue weighted by atomic mass is 9.95. The summed E-state index contributed by atoms with van der Waals surface area (Å²) in [7, 11) is 0. The Hall–Kier alpha value is -1.06. The Morgan fingerprint density at radius 3 is 2.37 bits per heavy atom. The fourth-order valence-electron chi connectivity index (χ4n) is 2.19. The van der Waals surface area contributed by atoms with Crippen LogP contribution in [0.5, 0.6) is 5.75 Å². The predicted octanol–water partition coefficient (Wildman–Crippen LogP) is 2.67. The van der Waals surface area contributed by atoms with Crippen molar-refractivity contribution in [2.24, 2.45) is 17.4 Å². The van der Waals surface area contributed by atoms with E-state index in [-0.39, 0.29) is 0 Å². The lowest BCUT2D eigenvalue weighted by Crippen LogP contribution is -2.23. The summed E-state index contributed by atoms with van der Waals surface area (Å²) in [5.74, 6) is 1.91.